The Bertz CT molecular complexity index is 1770. The van der Waals surface area contributed by atoms with Crippen LogP contribution in [0, 0.1) is 5.82 Å². The Hall–Kier alpha value is -4.76. The molecule has 2 amide bonds. The first-order chi connectivity index (χ1) is 21.7. The number of hydrogen-bond acceptors (Lipinski definition) is 8. The van der Waals surface area contributed by atoms with Gasteiger partial charge in [-0.3, -0.25) is 23.9 Å². The molecule has 4 aromatic rings. The van der Waals surface area contributed by atoms with Gasteiger partial charge in [-0.05, 0) is 49.2 Å². The van der Waals surface area contributed by atoms with E-state index in [4.69, 9.17) is 9.26 Å². The van der Waals surface area contributed by atoms with Crippen molar-refractivity contribution >= 4 is 36.1 Å². The molecule has 2 heterocycles. The molecular formula is C33H33FN3O7P. The highest BCUT2D eigenvalue weighted by atomic mass is 31.2. The number of nitrogens with zero attached hydrogens (tertiary/aromatic N) is 2. The highest BCUT2D eigenvalue weighted by Crippen LogP contribution is 2.48. The van der Waals surface area contributed by atoms with Gasteiger partial charge in [0.15, 0.2) is 5.75 Å². The first-order valence-electron chi connectivity index (χ1n) is 14.6. The monoisotopic (exact) mass is 633 g/mol. The number of benzene rings is 3. The molecule has 3 aromatic carbocycles. The first-order valence-corrected chi connectivity index (χ1v) is 16.6. The third-order valence-corrected chi connectivity index (χ3v) is 9.89. The Morgan fingerprint density at radius 1 is 1.07 bits per heavy atom. The van der Waals surface area contributed by atoms with Crippen LogP contribution in [0.15, 0.2) is 72.9 Å². The van der Waals surface area contributed by atoms with Crippen LogP contribution in [0.25, 0.3) is 10.9 Å². The number of carbonyl (C=O) groups excluding carboxylic acids is 3. The number of esters is 1. The van der Waals surface area contributed by atoms with Gasteiger partial charge in [0.2, 0.25) is 7.37 Å². The Labute approximate surface area is 259 Å². The van der Waals surface area contributed by atoms with Crippen LogP contribution in [0.1, 0.15) is 51.6 Å². The van der Waals surface area contributed by atoms with Gasteiger partial charge in [-0.15, -0.1) is 0 Å². The number of phenols is 1. The van der Waals surface area contributed by atoms with Crippen LogP contribution in [0.5, 0.6) is 11.5 Å². The number of aromatic nitrogens is 1. The van der Waals surface area contributed by atoms with E-state index in [9.17, 15) is 28.4 Å². The molecule has 0 bridgehead atoms. The zero-order chi connectivity index (χ0) is 32.0. The van der Waals surface area contributed by atoms with E-state index in [-0.39, 0.29) is 73.8 Å². The van der Waals surface area contributed by atoms with E-state index in [1.807, 2.05) is 0 Å². The maximum atomic E-state index is 13.8. The predicted octanol–water partition coefficient (Wildman–Crippen LogP) is 5.67. The summed E-state index contributed by atoms with van der Waals surface area (Å²) in [7, 11) is -3.33. The lowest BCUT2D eigenvalue weighted by molar-refractivity contribution is -0.142. The molecule has 10 nitrogen and oxygen atoms in total. The fourth-order valence-corrected chi connectivity index (χ4v) is 7.41. The van der Waals surface area contributed by atoms with E-state index in [2.05, 4.69) is 10.3 Å². The third kappa shape index (κ3) is 7.32. The van der Waals surface area contributed by atoms with Gasteiger partial charge < -0.3 is 24.6 Å². The lowest BCUT2D eigenvalue weighted by atomic mass is 9.96. The van der Waals surface area contributed by atoms with Crippen LogP contribution in [0.3, 0.4) is 0 Å². The van der Waals surface area contributed by atoms with Gasteiger partial charge in [0.25, 0.3) is 11.8 Å². The summed E-state index contributed by atoms with van der Waals surface area (Å²) in [5, 5.41) is 14.3. The normalized spacial score (nSPS) is 13.7. The van der Waals surface area contributed by atoms with Gasteiger partial charge >= 0.3 is 5.97 Å². The smallest absolute Gasteiger partial charge is 0.306 e. The molecule has 12 heteroatoms. The Balaban J connectivity index is 1.33. The van der Waals surface area contributed by atoms with Crippen LogP contribution in [0.2, 0.25) is 0 Å². The molecule has 0 radical (unpaired) electrons. The van der Waals surface area contributed by atoms with Gasteiger partial charge in [-0.1, -0.05) is 36.4 Å². The number of hydrogen-bond donors (Lipinski definition) is 2. The van der Waals surface area contributed by atoms with E-state index in [0.29, 0.717) is 22.3 Å². The minimum Gasteiger partial charge on any atom is -0.505 e. The summed E-state index contributed by atoms with van der Waals surface area (Å²) < 4.78 is 38.1. The third-order valence-electron chi connectivity index (χ3n) is 7.44. The van der Waals surface area contributed by atoms with Crippen molar-refractivity contribution in [3.8, 4) is 11.5 Å². The molecule has 1 aromatic heterocycles. The van der Waals surface area contributed by atoms with Gasteiger partial charge in [-0.25, -0.2) is 4.39 Å². The number of nitrogens with one attached hydrogen (secondary N) is 1. The van der Waals surface area contributed by atoms with Crippen molar-refractivity contribution in [2.24, 2.45) is 0 Å². The second kappa shape index (κ2) is 13.9. The van der Waals surface area contributed by atoms with E-state index >= 15 is 0 Å². The molecule has 1 aliphatic rings. The topological polar surface area (TPSA) is 135 Å². The first kappa shape index (κ1) is 31.7. The van der Waals surface area contributed by atoms with Crippen molar-refractivity contribution in [3.63, 3.8) is 0 Å². The average Bonchev–Trinajstić information content (AvgIpc) is 3.35. The molecule has 2 N–H and O–H groups in total. The second-order valence-corrected chi connectivity index (χ2v) is 13.3. The number of aromatic hydroxyl groups is 1. The molecule has 234 valence electrons. The van der Waals surface area contributed by atoms with Crippen molar-refractivity contribution in [1.82, 2.24) is 15.2 Å². The molecule has 0 saturated heterocycles. The minimum atomic E-state index is -3.33. The maximum Gasteiger partial charge on any atom is 0.306 e. The summed E-state index contributed by atoms with van der Waals surface area (Å²) in [6, 6.07) is 17.7. The van der Waals surface area contributed by atoms with E-state index in [0.717, 1.165) is 0 Å². The van der Waals surface area contributed by atoms with Crippen LogP contribution < -0.4 is 9.84 Å². The zero-order valence-corrected chi connectivity index (χ0v) is 25.6. The molecule has 0 spiro atoms. The number of amides is 2. The summed E-state index contributed by atoms with van der Waals surface area (Å²) in [4.78, 5) is 44.8. The summed E-state index contributed by atoms with van der Waals surface area (Å²) in [5.41, 5.74) is 1.40. The summed E-state index contributed by atoms with van der Waals surface area (Å²) in [6.45, 7) is 2.25. The molecular weight excluding hydrogens is 600 g/mol. The predicted molar refractivity (Wildman–Crippen MR) is 166 cm³/mol. The van der Waals surface area contributed by atoms with Gasteiger partial charge in [0.05, 0.1) is 24.2 Å². The summed E-state index contributed by atoms with van der Waals surface area (Å²) in [5.74, 6) is -1.69. The lowest BCUT2D eigenvalue weighted by Crippen LogP contribution is -2.27. The number of fused-ring (bicyclic) bond motifs is 2. The maximum absolute atomic E-state index is 13.8. The van der Waals surface area contributed by atoms with E-state index in [1.54, 1.807) is 61.5 Å². The van der Waals surface area contributed by atoms with Crippen LogP contribution >= 0.6 is 7.37 Å². The standard InChI is InChI=1S/C33H33FN3O7P/c1-2-43-27(38)15-19-45(42,44-24-8-4-3-5-9-24)18-7-17-36-32(40)28-25-10-6-16-35-30(25)31(39)29-26(28)21-37(33(29)41)20-22-11-13-23(34)14-12-22/h3-6,8-14,16,39H,2,7,15,17-21H2,1H3,(H,36,40). The van der Waals surface area contributed by atoms with E-state index < -0.39 is 31.0 Å². The number of carbonyl (C=O) groups is 3. The minimum absolute atomic E-state index is 0.00758. The molecule has 1 aliphatic heterocycles. The van der Waals surface area contributed by atoms with Crippen LogP contribution in [-0.4, -0.2) is 58.2 Å². The molecule has 5 rings (SSSR count). The molecule has 0 saturated carbocycles. The number of pyridine rings is 1. The SMILES string of the molecule is CCOC(=O)CCP(=O)(CCCNC(=O)c1c2c(c(O)c3ncccc13)C(=O)N(Cc1ccc(F)cc1)C2)Oc1ccccc1. The second-order valence-electron chi connectivity index (χ2n) is 10.6. The zero-order valence-electron chi connectivity index (χ0n) is 24.7. The summed E-state index contributed by atoms with van der Waals surface area (Å²) >= 11 is 0. The molecule has 1 unspecified atom stereocenters. The Morgan fingerprint density at radius 3 is 2.56 bits per heavy atom. The Morgan fingerprint density at radius 2 is 1.82 bits per heavy atom. The summed E-state index contributed by atoms with van der Waals surface area (Å²) in [6.07, 6.45) is 1.77. The van der Waals surface area contributed by atoms with Crippen LogP contribution in [-0.2, 0) is 27.2 Å². The highest BCUT2D eigenvalue weighted by molar-refractivity contribution is 7.59. The molecule has 0 fully saturated rings. The molecule has 45 heavy (non-hydrogen) atoms. The number of rotatable bonds is 13. The van der Waals surface area contributed by atoms with Crippen molar-refractivity contribution in [2.45, 2.75) is 32.9 Å². The average molecular weight is 634 g/mol. The van der Waals surface area contributed by atoms with Crippen molar-refractivity contribution < 1.29 is 37.7 Å². The van der Waals surface area contributed by atoms with Crippen molar-refractivity contribution in [2.75, 3.05) is 25.5 Å². The fraction of sp³-hybridized carbons (Fsp3) is 0.273. The van der Waals surface area contributed by atoms with Gasteiger partial charge in [-0.2, -0.15) is 0 Å². The fourth-order valence-electron chi connectivity index (χ4n) is 5.33. The van der Waals surface area contributed by atoms with E-state index in [1.165, 1.54) is 23.2 Å². The number of ether oxygens (including phenoxy) is 1. The number of para-hydroxylation sites is 1. The van der Waals surface area contributed by atoms with Gasteiger partial charge in [0.1, 0.15) is 17.1 Å². The highest BCUT2D eigenvalue weighted by Gasteiger charge is 2.36. The van der Waals surface area contributed by atoms with Crippen LogP contribution in [0.4, 0.5) is 4.39 Å². The number of halogens is 1. The van der Waals surface area contributed by atoms with Crippen molar-refractivity contribution in [1.29, 1.82) is 0 Å². The van der Waals surface area contributed by atoms with Crippen molar-refractivity contribution in [3.05, 3.63) is 101 Å². The number of phenolic OH excluding ortho intramolecular Hbond substituents is 1. The lowest BCUT2D eigenvalue weighted by Gasteiger charge is -2.20. The van der Waals surface area contributed by atoms with Gasteiger partial charge in [0, 0.05) is 49.1 Å². The molecule has 0 aliphatic carbocycles. The quantitative estimate of drug-likeness (QED) is 0.109. The Kier molecular flexibility index (Phi) is 9.78. The largest absolute Gasteiger partial charge is 0.505 e. The molecule has 1 atom stereocenters.